The molecule has 0 saturated heterocycles. The number of hydrogen-bond acceptors (Lipinski definition) is 5. The first-order chi connectivity index (χ1) is 9.54. The molecule has 2 aromatic rings. The number of phenols is 1. The number of thiophene rings is 1. The normalized spacial score (nSPS) is 14.9. The van der Waals surface area contributed by atoms with Crippen molar-refractivity contribution >= 4 is 22.9 Å². The van der Waals surface area contributed by atoms with E-state index in [1.54, 1.807) is 12.1 Å². The van der Waals surface area contributed by atoms with Crippen molar-refractivity contribution in [3.05, 3.63) is 50.7 Å². The van der Waals surface area contributed by atoms with Gasteiger partial charge in [0.25, 0.3) is 0 Å². The van der Waals surface area contributed by atoms with Gasteiger partial charge >= 0.3 is 0 Å². The SMILES string of the molecule is CCC(O)c1cc2c(s1)C(=O)c1cccc(O)c1C2=O. The van der Waals surface area contributed by atoms with Crippen LogP contribution in [-0.4, -0.2) is 21.8 Å². The van der Waals surface area contributed by atoms with Crippen LogP contribution in [0.1, 0.15) is 55.5 Å². The Morgan fingerprint density at radius 2 is 1.95 bits per heavy atom. The topological polar surface area (TPSA) is 74.6 Å². The molecule has 5 heteroatoms. The van der Waals surface area contributed by atoms with Gasteiger partial charge in [-0.2, -0.15) is 0 Å². The fourth-order valence-electron chi connectivity index (χ4n) is 2.34. The van der Waals surface area contributed by atoms with Gasteiger partial charge < -0.3 is 10.2 Å². The summed E-state index contributed by atoms with van der Waals surface area (Å²) in [5, 5.41) is 19.7. The third-order valence-corrected chi connectivity index (χ3v) is 4.67. The fourth-order valence-corrected chi connectivity index (χ4v) is 3.52. The maximum absolute atomic E-state index is 12.4. The van der Waals surface area contributed by atoms with E-state index in [0.29, 0.717) is 16.2 Å². The van der Waals surface area contributed by atoms with Crippen LogP contribution in [0.5, 0.6) is 5.75 Å². The average molecular weight is 288 g/mol. The van der Waals surface area contributed by atoms with Crippen LogP contribution in [0, 0.1) is 0 Å². The molecule has 0 bridgehead atoms. The smallest absolute Gasteiger partial charge is 0.204 e. The molecule has 1 heterocycles. The monoisotopic (exact) mass is 288 g/mol. The standard InChI is InChI=1S/C15H12O4S/c1-2-9(16)11-6-8-13(18)12-7(4-3-5-10(12)17)14(19)15(8)20-11/h3-6,9,16-17H,2H2,1H3. The summed E-state index contributed by atoms with van der Waals surface area (Å²) < 4.78 is 0. The number of aromatic hydroxyl groups is 1. The number of hydrogen-bond donors (Lipinski definition) is 2. The molecule has 0 fully saturated rings. The molecule has 102 valence electrons. The van der Waals surface area contributed by atoms with E-state index in [2.05, 4.69) is 0 Å². The summed E-state index contributed by atoms with van der Waals surface area (Å²) in [6.45, 7) is 1.83. The molecule has 1 atom stereocenters. The quantitative estimate of drug-likeness (QED) is 0.760. The molecular formula is C15H12O4S. The number of benzene rings is 1. The Kier molecular flexibility index (Phi) is 2.96. The van der Waals surface area contributed by atoms with E-state index in [9.17, 15) is 19.8 Å². The molecule has 0 radical (unpaired) electrons. The first-order valence-corrected chi connectivity index (χ1v) is 7.09. The molecular weight excluding hydrogens is 276 g/mol. The number of carbonyl (C=O) groups excluding carboxylic acids is 2. The fraction of sp³-hybridized carbons (Fsp3) is 0.200. The predicted octanol–water partition coefficient (Wildman–Crippen LogP) is 2.67. The van der Waals surface area contributed by atoms with Gasteiger partial charge in [0.05, 0.1) is 16.5 Å². The lowest BCUT2D eigenvalue weighted by molar-refractivity contribution is 0.0980. The summed E-state index contributed by atoms with van der Waals surface area (Å²) >= 11 is 1.15. The number of aliphatic hydroxyl groups excluding tert-OH is 1. The van der Waals surface area contributed by atoms with Gasteiger partial charge in [0, 0.05) is 16.0 Å². The predicted molar refractivity (Wildman–Crippen MR) is 74.5 cm³/mol. The van der Waals surface area contributed by atoms with Crippen molar-refractivity contribution < 1.29 is 19.8 Å². The van der Waals surface area contributed by atoms with E-state index in [1.165, 1.54) is 12.1 Å². The van der Waals surface area contributed by atoms with Crippen molar-refractivity contribution in [3.63, 3.8) is 0 Å². The molecule has 0 amide bonds. The maximum Gasteiger partial charge on any atom is 0.204 e. The lowest BCUT2D eigenvalue weighted by atomic mass is 9.88. The number of carbonyl (C=O) groups is 2. The molecule has 4 nitrogen and oxygen atoms in total. The lowest BCUT2D eigenvalue weighted by Gasteiger charge is -2.14. The Morgan fingerprint density at radius 1 is 1.20 bits per heavy atom. The Bertz CT molecular complexity index is 729. The lowest BCUT2D eigenvalue weighted by Crippen LogP contribution is -2.18. The zero-order valence-electron chi connectivity index (χ0n) is 10.7. The first-order valence-electron chi connectivity index (χ1n) is 6.27. The van der Waals surface area contributed by atoms with Crippen LogP contribution < -0.4 is 0 Å². The van der Waals surface area contributed by atoms with Crippen molar-refractivity contribution in [1.29, 1.82) is 0 Å². The second-order valence-corrected chi connectivity index (χ2v) is 5.76. The van der Waals surface area contributed by atoms with E-state index in [4.69, 9.17) is 0 Å². The number of rotatable bonds is 2. The van der Waals surface area contributed by atoms with Crippen molar-refractivity contribution in [2.45, 2.75) is 19.4 Å². The van der Waals surface area contributed by atoms with Gasteiger partial charge in [-0.05, 0) is 24.6 Å². The largest absolute Gasteiger partial charge is 0.507 e. The molecule has 3 rings (SSSR count). The van der Waals surface area contributed by atoms with Crippen LogP contribution in [-0.2, 0) is 0 Å². The average Bonchev–Trinajstić information content (AvgIpc) is 2.89. The van der Waals surface area contributed by atoms with Gasteiger partial charge in [-0.15, -0.1) is 11.3 Å². The van der Waals surface area contributed by atoms with Crippen LogP contribution in [0.4, 0.5) is 0 Å². The number of phenolic OH excluding ortho intramolecular Hbond substituents is 1. The highest BCUT2D eigenvalue weighted by Gasteiger charge is 2.34. The van der Waals surface area contributed by atoms with Crippen LogP contribution in [0.2, 0.25) is 0 Å². The second-order valence-electron chi connectivity index (χ2n) is 4.67. The highest BCUT2D eigenvalue weighted by molar-refractivity contribution is 7.14. The van der Waals surface area contributed by atoms with E-state index in [0.717, 1.165) is 11.3 Å². The summed E-state index contributed by atoms with van der Waals surface area (Å²) in [5.74, 6) is -0.821. The molecule has 1 unspecified atom stereocenters. The zero-order chi connectivity index (χ0) is 14.4. The first kappa shape index (κ1) is 13.0. The van der Waals surface area contributed by atoms with Gasteiger partial charge in [0.1, 0.15) is 5.75 Å². The van der Waals surface area contributed by atoms with E-state index >= 15 is 0 Å². The number of ketones is 2. The summed E-state index contributed by atoms with van der Waals surface area (Å²) in [5.41, 5.74) is 0.554. The number of fused-ring (bicyclic) bond motifs is 2. The van der Waals surface area contributed by atoms with E-state index in [1.807, 2.05) is 6.92 Å². The molecule has 0 saturated carbocycles. The van der Waals surface area contributed by atoms with Gasteiger partial charge in [0.2, 0.25) is 5.78 Å². The maximum atomic E-state index is 12.4. The van der Waals surface area contributed by atoms with Gasteiger partial charge in [-0.25, -0.2) is 0 Å². The Morgan fingerprint density at radius 3 is 2.65 bits per heavy atom. The minimum Gasteiger partial charge on any atom is -0.507 e. The minimum absolute atomic E-state index is 0.0559. The molecule has 2 N–H and O–H groups in total. The Hall–Kier alpha value is -1.98. The third-order valence-electron chi connectivity index (χ3n) is 3.43. The summed E-state index contributed by atoms with van der Waals surface area (Å²) in [7, 11) is 0. The molecule has 1 aromatic carbocycles. The molecule has 1 aliphatic carbocycles. The van der Waals surface area contributed by atoms with Gasteiger partial charge in [-0.3, -0.25) is 9.59 Å². The summed E-state index contributed by atoms with van der Waals surface area (Å²) in [6, 6.07) is 6.03. The summed E-state index contributed by atoms with van der Waals surface area (Å²) in [4.78, 5) is 25.8. The molecule has 0 spiro atoms. The van der Waals surface area contributed by atoms with Gasteiger partial charge in [0.15, 0.2) is 5.78 Å². The second kappa shape index (κ2) is 4.54. The third kappa shape index (κ3) is 1.71. The summed E-state index contributed by atoms with van der Waals surface area (Å²) in [6.07, 6.45) is -0.164. The molecule has 0 aliphatic heterocycles. The van der Waals surface area contributed by atoms with Crippen LogP contribution in [0.25, 0.3) is 0 Å². The van der Waals surface area contributed by atoms with Gasteiger partial charge in [-0.1, -0.05) is 13.0 Å². The van der Waals surface area contributed by atoms with Crippen molar-refractivity contribution in [3.8, 4) is 5.75 Å². The van der Waals surface area contributed by atoms with Crippen molar-refractivity contribution in [2.24, 2.45) is 0 Å². The van der Waals surface area contributed by atoms with Crippen LogP contribution in [0.15, 0.2) is 24.3 Å². The molecule has 1 aliphatic rings. The van der Waals surface area contributed by atoms with E-state index in [-0.39, 0.29) is 34.0 Å². The van der Waals surface area contributed by atoms with E-state index < -0.39 is 6.10 Å². The Balaban J connectivity index is 2.21. The zero-order valence-corrected chi connectivity index (χ0v) is 11.5. The highest BCUT2D eigenvalue weighted by Crippen LogP contribution is 2.38. The highest BCUT2D eigenvalue weighted by atomic mass is 32.1. The minimum atomic E-state index is -0.678. The molecule has 20 heavy (non-hydrogen) atoms. The number of aliphatic hydroxyl groups is 1. The molecule has 1 aromatic heterocycles. The Labute approximate surface area is 119 Å². The van der Waals surface area contributed by atoms with Crippen LogP contribution >= 0.6 is 11.3 Å². The van der Waals surface area contributed by atoms with Crippen molar-refractivity contribution in [1.82, 2.24) is 0 Å². The van der Waals surface area contributed by atoms with Crippen LogP contribution in [0.3, 0.4) is 0 Å². The van der Waals surface area contributed by atoms with Crippen molar-refractivity contribution in [2.75, 3.05) is 0 Å².